The molecule has 0 aromatic carbocycles. The lowest BCUT2D eigenvalue weighted by molar-refractivity contribution is 0.398. The Hall–Kier alpha value is -3.58. The molecule has 1 aliphatic rings. The van der Waals surface area contributed by atoms with Crippen molar-refractivity contribution in [1.29, 1.82) is 5.41 Å². The van der Waals surface area contributed by atoms with Gasteiger partial charge in [-0.25, -0.2) is 23.4 Å². The molecule has 0 saturated heterocycles. The molecule has 0 amide bonds. The summed E-state index contributed by atoms with van der Waals surface area (Å²) in [5.74, 6) is 0.344. The van der Waals surface area contributed by atoms with Crippen molar-refractivity contribution in [1.82, 2.24) is 29.7 Å². The summed E-state index contributed by atoms with van der Waals surface area (Å²) >= 11 is 5.88. The number of hydrogen-bond acceptors (Lipinski definition) is 10. The van der Waals surface area contributed by atoms with E-state index >= 15 is 0 Å². The highest BCUT2D eigenvalue weighted by Crippen LogP contribution is 2.46. The lowest BCUT2D eigenvalue weighted by Gasteiger charge is -2.25. The summed E-state index contributed by atoms with van der Waals surface area (Å²) in [6, 6.07) is 4.51. The quantitative estimate of drug-likeness (QED) is 0.230. The predicted octanol–water partition coefficient (Wildman–Crippen LogP) is 4.16. The molecule has 38 heavy (non-hydrogen) atoms. The van der Waals surface area contributed by atoms with Gasteiger partial charge in [-0.3, -0.25) is 9.29 Å². The molecule has 12 nitrogen and oxygen atoms in total. The number of aliphatic hydroxyl groups excluding tert-OH is 1. The SMILES string of the molecule is COc1cccc(-c2nnc(NS(=O)(=O)[C@@H](C)[C@H](C)c3ncc(Cl)cn3)n2[C@@H](/C(=C/O)C(C)=N)C2CC2)n1. The van der Waals surface area contributed by atoms with Crippen LogP contribution in [0.4, 0.5) is 5.95 Å². The molecule has 0 radical (unpaired) electrons. The number of hydrogen-bond donors (Lipinski definition) is 3. The molecule has 3 aromatic rings. The van der Waals surface area contributed by atoms with Crippen LogP contribution >= 0.6 is 11.6 Å². The first kappa shape index (κ1) is 27.5. The third kappa shape index (κ3) is 5.63. The lowest BCUT2D eigenvalue weighted by Crippen LogP contribution is -2.32. The number of rotatable bonds is 11. The van der Waals surface area contributed by atoms with Crippen molar-refractivity contribution >= 4 is 33.3 Å². The van der Waals surface area contributed by atoms with Gasteiger partial charge in [0.05, 0.1) is 29.7 Å². The van der Waals surface area contributed by atoms with Crippen LogP contribution in [0.2, 0.25) is 5.02 Å². The van der Waals surface area contributed by atoms with Crippen molar-refractivity contribution in [3.05, 3.63) is 53.3 Å². The van der Waals surface area contributed by atoms with Crippen molar-refractivity contribution < 1.29 is 18.3 Å². The van der Waals surface area contributed by atoms with Gasteiger partial charge in [0, 0.05) is 35.7 Å². The molecule has 3 N–H and O–H groups in total. The van der Waals surface area contributed by atoms with Gasteiger partial charge in [0.15, 0.2) is 5.82 Å². The molecule has 202 valence electrons. The zero-order chi connectivity index (χ0) is 27.6. The molecule has 4 rings (SSSR count). The second kappa shape index (κ2) is 11.0. The second-order valence-electron chi connectivity index (χ2n) is 9.17. The van der Waals surface area contributed by atoms with Gasteiger partial charge >= 0.3 is 0 Å². The van der Waals surface area contributed by atoms with Gasteiger partial charge in [0.1, 0.15) is 11.5 Å². The van der Waals surface area contributed by atoms with Crippen LogP contribution in [-0.2, 0) is 10.0 Å². The summed E-state index contributed by atoms with van der Waals surface area (Å²) in [7, 11) is -2.55. The van der Waals surface area contributed by atoms with Gasteiger partial charge in [0.25, 0.3) is 0 Å². The number of ether oxygens (including phenoxy) is 1. The van der Waals surface area contributed by atoms with Crippen molar-refractivity contribution in [3.63, 3.8) is 0 Å². The Morgan fingerprint density at radius 1 is 1.26 bits per heavy atom. The maximum Gasteiger partial charge on any atom is 0.239 e. The normalized spacial score (nSPS) is 16.5. The zero-order valence-corrected chi connectivity index (χ0v) is 22.9. The van der Waals surface area contributed by atoms with Crippen molar-refractivity contribution in [2.75, 3.05) is 11.8 Å². The first-order valence-electron chi connectivity index (χ1n) is 11.9. The van der Waals surface area contributed by atoms with Crippen LogP contribution in [0.1, 0.15) is 51.4 Å². The summed E-state index contributed by atoms with van der Waals surface area (Å²) in [5.41, 5.74) is 0.857. The summed E-state index contributed by atoms with van der Waals surface area (Å²) in [6.45, 7) is 4.82. The Bertz CT molecular complexity index is 1450. The van der Waals surface area contributed by atoms with Crippen LogP contribution in [-0.4, -0.2) is 61.3 Å². The Labute approximate surface area is 225 Å². The molecule has 0 unspecified atom stereocenters. The molecule has 0 aliphatic heterocycles. The molecule has 1 aliphatic carbocycles. The van der Waals surface area contributed by atoms with Crippen LogP contribution in [0.3, 0.4) is 0 Å². The fraction of sp³-hybridized carbons (Fsp3) is 0.417. The number of nitrogens with zero attached hydrogens (tertiary/aromatic N) is 6. The fourth-order valence-electron chi connectivity index (χ4n) is 4.12. The first-order valence-corrected chi connectivity index (χ1v) is 13.8. The van der Waals surface area contributed by atoms with Gasteiger partial charge in [-0.05, 0) is 38.7 Å². The van der Waals surface area contributed by atoms with E-state index in [1.165, 1.54) is 19.5 Å². The minimum Gasteiger partial charge on any atom is -0.515 e. The number of nitrogens with one attached hydrogen (secondary N) is 2. The predicted molar refractivity (Wildman–Crippen MR) is 143 cm³/mol. The minimum atomic E-state index is -4.03. The van der Waals surface area contributed by atoms with E-state index < -0.39 is 27.2 Å². The average molecular weight is 561 g/mol. The van der Waals surface area contributed by atoms with E-state index in [2.05, 4.69) is 29.9 Å². The molecule has 1 fully saturated rings. The van der Waals surface area contributed by atoms with Gasteiger partial charge < -0.3 is 15.3 Å². The molecule has 0 bridgehead atoms. The van der Waals surface area contributed by atoms with Crippen molar-refractivity contribution in [2.45, 2.75) is 50.8 Å². The van der Waals surface area contributed by atoms with Crippen LogP contribution in [0.5, 0.6) is 5.88 Å². The van der Waals surface area contributed by atoms with E-state index in [4.69, 9.17) is 21.7 Å². The highest BCUT2D eigenvalue weighted by molar-refractivity contribution is 7.93. The Morgan fingerprint density at radius 3 is 2.53 bits per heavy atom. The van der Waals surface area contributed by atoms with Crippen LogP contribution in [0, 0.1) is 11.3 Å². The topological polar surface area (TPSA) is 169 Å². The maximum atomic E-state index is 13.5. The zero-order valence-electron chi connectivity index (χ0n) is 21.3. The summed E-state index contributed by atoms with van der Waals surface area (Å²) < 4.78 is 36.5. The Kier molecular flexibility index (Phi) is 7.97. The highest BCUT2D eigenvalue weighted by Gasteiger charge is 2.40. The number of methoxy groups -OCH3 is 1. The molecule has 3 atom stereocenters. The number of sulfonamides is 1. The van der Waals surface area contributed by atoms with E-state index in [9.17, 15) is 13.5 Å². The molecule has 1 saturated carbocycles. The standard InChI is InChI=1S/C24H29ClN8O4S/c1-13(22-27-10-17(25)11-28-22)15(3)38(35,36)32-24-31-30-23(19-6-5-7-20(29-19)37-4)33(24)21(16-8-9-16)18(12-34)14(2)26/h5-7,10-13,15-16,21,26,34H,8-9H2,1-4H3,(H,31,32)/b18-12+,26-14?/t13-,15-,21+/m0/s1. The van der Waals surface area contributed by atoms with E-state index in [-0.39, 0.29) is 23.4 Å². The van der Waals surface area contributed by atoms with E-state index in [0.717, 1.165) is 19.1 Å². The third-order valence-electron chi connectivity index (χ3n) is 6.57. The lowest BCUT2D eigenvalue weighted by atomic mass is 9.99. The fourth-order valence-corrected chi connectivity index (χ4v) is 5.46. The first-order chi connectivity index (χ1) is 18.1. The molecule has 14 heteroatoms. The average Bonchev–Trinajstić information content (AvgIpc) is 3.66. The molecule has 0 spiro atoms. The number of aromatic nitrogens is 6. The second-order valence-corrected chi connectivity index (χ2v) is 11.6. The molecule has 3 heterocycles. The number of pyridine rings is 1. The van der Waals surface area contributed by atoms with Crippen LogP contribution in [0.15, 0.2) is 42.4 Å². The molecular weight excluding hydrogens is 532 g/mol. The smallest absolute Gasteiger partial charge is 0.239 e. The van der Waals surface area contributed by atoms with Crippen molar-refractivity contribution in [3.8, 4) is 17.4 Å². The molecule has 3 aromatic heterocycles. The number of halogens is 1. The number of allylic oxidation sites excluding steroid dienone is 1. The number of anilines is 1. The van der Waals surface area contributed by atoms with E-state index in [1.807, 2.05) is 0 Å². The largest absolute Gasteiger partial charge is 0.515 e. The van der Waals surface area contributed by atoms with E-state index in [0.29, 0.717) is 28.0 Å². The van der Waals surface area contributed by atoms with Gasteiger partial charge in [0.2, 0.25) is 21.9 Å². The third-order valence-corrected chi connectivity index (χ3v) is 8.62. The number of aliphatic hydroxyl groups is 1. The Morgan fingerprint density at radius 2 is 1.95 bits per heavy atom. The van der Waals surface area contributed by atoms with Crippen LogP contribution < -0.4 is 9.46 Å². The van der Waals surface area contributed by atoms with Gasteiger partial charge in [-0.1, -0.05) is 24.6 Å². The van der Waals surface area contributed by atoms with Crippen molar-refractivity contribution in [2.24, 2.45) is 5.92 Å². The minimum absolute atomic E-state index is 0.0381. The Balaban J connectivity index is 1.79. The highest BCUT2D eigenvalue weighted by atomic mass is 35.5. The van der Waals surface area contributed by atoms with Gasteiger partial charge in [-0.2, -0.15) is 0 Å². The summed E-state index contributed by atoms with van der Waals surface area (Å²) in [4.78, 5) is 12.8. The maximum absolute atomic E-state index is 13.5. The van der Waals surface area contributed by atoms with E-state index in [1.54, 1.807) is 43.5 Å². The van der Waals surface area contributed by atoms with Crippen LogP contribution in [0.25, 0.3) is 11.5 Å². The summed E-state index contributed by atoms with van der Waals surface area (Å²) in [6.07, 6.45) is 5.37. The monoisotopic (exact) mass is 560 g/mol. The molecular formula is C24H29ClN8O4S. The summed E-state index contributed by atoms with van der Waals surface area (Å²) in [5, 5.41) is 26.2. The van der Waals surface area contributed by atoms with Gasteiger partial charge in [-0.15, -0.1) is 10.2 Å².